The average Bonchev–Trinajstić information content (AvgIpc) is 2.12. The lowest BCUT2D eigenvalue weighted by molar-refractivity contribution is -0.143. The van der Waals surface area contributed by atoms with Crippen LogP contribution >= 0.6 is 0 Å². The molecule has 0 heterocycles. The van der Waals surface area contributed by atoms with Gasteiger partial charge in [-0.2, -0.15) is 0 Å². The van der Waals surface area contributed by atoms with Crippen molar-refractivity contribution in [2.24, 2.45) is 5.73 Å². The van der Waals surface area contributed by atoms with Crippen molar-refractivity contribution in [3.63, 3.8) is 0 Å². The van der Waals surface area contributed by atoms with Gasteiger partial charge in [0.25, 0.3) is 0 Å². The molecule has 0 aromatic heterocycles. The number of rotatable bonds is 4. The van der Waals surface area contributed by atoms with Crippen LogP contribution in [0.5, 0.6) is 0 Å². The van der Waals surface area contributed by atoms with Crippen molar-refractivity contribution in [1.82, 2.24) is 0 Å². The van der Waals surface area contributed by atoms with E-state index in [9.17, 15) is 9.59 Å². The van der Waals surface area contributed by atoms with E-state index in [0.717, 1.165) is 7.11 Å². The molecule has 0 aliphatic rings. The van der Waals surface area contributed by atoms with Crippen molar-refractivity contribution in [3.8, 4) is 0 Å². The molecular weight excluding hydrogens is 162 g/mol. The molecule has 12 heavy (non-hydrogen) atoms. The fraction of sp³-hybridized carbons (Fsp3) is 0.714. The fourth-order valence-corrected chi connectivity index (χ4v) is 0.572. The molecule has 70 valence electrons. The second kappa shape index (κ2) is 5.54. The molecule has 5 heteroatoms. The van der Waals surface area contributed by atoms with Crippen LogP contribution in [0.2, 0.25) is 0 Å². The van der Waals surface area contributed by atoms with E-state index in [1.807, 2.05) is 0 Å². The Hall–Kier alpha value is -1.10. The molecule has 0 rings (SSSR count). The zero-order chi connectivity index (χ0) is 10.5. The van der Waals surface area contributed by atoms with Gasteiger partial charge in [0.15, 0.2) is 0 Å². The highest BCUT2D eigenvalue weighted by Crippen LogP contribution is 1.97. The van der Waals surface area contributed by atoms with Crippen molar-refractivity contribution < 1.29 is 20.4 Å². The maximum atomic E-state index is 10.8. The lowest BCUT2D eigenvalue weighted by atomic mass is 10.2. The zero-order valence-electron chi connectivity index (χ0n) is 8.12. The Morgan fingerprint density at radius 1 is 1.50 bits per heavy atom. The summed E-state index contributed by atoms with van der Waals surface area (Å²) in [5, 5.41) is 0. The second-order valence-corrected chi connectivity index (χ2v) is 2.09. The van der Waals surface area contributed by atoms with E-state index < -0.39 is 18.0 Å². The third-order valence-electron chi connectivity index (χ3n) is 1.27. The summed E-state index contributed by atoms with van der Waals surface area (Å²) in [6.07, 6.45) is -0.196. The van der Waals surface area contributed by atoms with E-state index in [1.54, 1.807) is 0 Å². The maximum absolute atomic E-state index is 10.8. The standard InChI is InChI=1S/C7H13NO4/c1-11-6(9)4-3-5(8)7(10)12-2/h5H,3-4,8H2,1-2H3/i5D. The van der Waals surface area contributed by atoms with E-state index >= 15 is 0 Å². The SMILES string of the molecule is [2H]C(N)(CCC(=O)OC)C(=O)OC. The lowest BCUT2D eigenvalue weighted by Crippen LogP contribution is -2.32. The summed E-state index contributed by atoms with van der Waals surface area (Å²) < 4.78 is 15.9. The van der Waals surface area contributed by atoms with Gasteiger partial charge in [0, 0.05) is 6.42 Å². The first-order chi connectivity index (χ1) is 5.94. The van der Waals surface area contributed by atoms with Crippen LogP contribution in [-0.2, 0) is 19.1 Å². The van der Waals surface area contributed by atoms with Gasteiger partial charge < -0.3 is 15.2 Å². The topological polar surface area (TPSA) is 78.6 Å². The monoisotopic (exact) mass is 176 g/mol. The van der Waals surface area contributed by atoms with E-state index in [2.05, 4.69) is 9.47 Å². The first kappa shape index (κ1) is 8.99. The van der Waals surface area contributed by atoms with Gasteiger partial charge in [-0.15, -0.1) is 0 Å². The summed E-state index contributed by atoms with van der Waals surface area (Å²) in [7, 11) is 2.36. The smallest absolute Gasteiger partial charge is 0.322 e. The summed E-state index contributed by atoms with van der Waals surface area (Å²) in [6.45, 7) is 0. The molecular formula is C7H13NO4. The summed E-state index contributed by atoms with van der Waals surface area (Å²) >= 11 is 0. The summed E-state index contributed by atoms with van der Waals surface area (Å²) in [4.78, 5) is 21.5. The second-order valence-electron chi connectivity index (χ2n) is 2.09. The maximum Gasteiger partial charge on any atom is 0.322 e. The van der Waals surface area contributed by atoms with Gasteiger partial charge in [-0.1, -0.05) is 0 Å². The highest BCUT2D eigenvalue weighted by molar-refractivity contribution is 5.76. The molecule has 2 N–H and O–H groups in total. The summed E-state index contributed by atoms with van der Waals surface area (Å²) in [5.74, 6) is -1.37. The molecule has 0 saturated carbocycles. The van der Waals surface area contributed by atoms with Crippen LogP contribution in [0, 0.1) is 0 Å². The lowest BCUT2D eigenvalue weighted by Gasteiger charge is -2.07. The van der Waals surface area contributed by atoms with Gasteiger partial charge in [-0.3, -0.25) is 9.59 Å². The highest BCUT2D eigenvalue weighted by Gasteiger charge is 2.14. The molecule has 0 fully saturated rings. The molecule has 0 saturated heterocycles. The van der Waals surface area contributed by atoms with Crippen LogP contribution in [0.3, 0.4) is 0 Å². The Morgan fingerprint density at radius 2 is 2.08 bits per heavy atom. The Balaban J connectivity index is 4.03. The Bertz CT molecular complexity index is 205. The number of carbonyl (C=O) groups excluding carboxylic acids is 2. The van der Waals surface area contributed by atoms with Crippen molar-refractivity contribution in [3.05, 3.63) is 0 Å². The molecule has 0 aromatic carbocycles. The number of ether oxygens (including phenoxy) is 2. The molecule has 5 nitrogen and oxygen atoms in total. The minimum atomic E-state index is -1.87. The van der Waals surface area contributed by atoms with Crippen molar-refractivity contribution in [2.45, 2.75) is 18.9 Å². The van der Waals surface area contributed by atoms with Crippen molar-refractivity contribution in [1.29, 1.82) is 0 Å². The number of nitrogens with two attached hydrogens (primary N) is 1. The van der Waals surface area contributed by atoms with Gasteiger partial charge in [-0.25, -0.2) is 0 Å². The van der Waals surface area contributed by atoms with E-state index in [1.165, 1.54) is 7.11 Å². The summed E-state index contributed by atoms with van der Waals surface area (Å²) in [5.41, 5.74) is 5.26. The van der Waals surface area contributed by atoms with Gasteiger partial charge in [0.05, 0.1) is 15.6 Å². The van der Waals surface area contributed by atoms with Crippen LogP contribution in [0.1, 0.15) is 14.2 Å². The molecule has 0 aliphatic carbocycles. The van der Waals surface area contributed by atoms with Gasteiger partial charge in [-0.05, 0) is 6.42 Å². The predicted octanol–water partition coefficient (Wildman–Crippen LogP) is -0.560. The van der Waals surface area contributed by atoms with E-state index in [4.69, 9.17) is 7.10 Å². The molecule has 0 radical (unpaired) electrons. The minimum absolute atomic E-state index is 0.0778. The van der Waals surface area contributed by atoms with Crippen LogP contribution in [0.4, 0.5) is 0 Å². The zero-order valence-corrected chi connectivity index (χ0v) is 7.12. The number of hydrogen-bond donors (Lipinski definition) is 1. The minimum Gasteiger partial charge on any atom is -0.469 e. The van der Waals surface area contributed by atoms with Crippen LogP contribution in [-0.4, -0.2) is 32.2 Å². The molecule has 0 bridgehead atoms. The molecule has 0 aliphatic heterocycles. The number of hydrogen-bond acceptors (Lipinski definition) is 5. The Labute approximate surface area is 72.2 Å². The number of carbonyl (C=O) groups is 2. The van der Waals surface area contributed by atoms with Gasteiger partial charge in [0.1, 0.15) is 6.02 Å². The largest absolute Gasteiger partial charge is 0.469 e. The van der Waals surface area contributed by atoms with Gasteiger partial charge in [0.2, 0.25) is 0 Å². The number of methoxy groups -OCH3 is 2. The third-order valence-corrected chi connectivity index (χ3v) is 1.27. The van der Waals surface area contributed by atoms with Gasteiger partial charge >= 0.3 is 11.9 Å². The van der Waals surface area contributed by atoms with Crippen LogP contribution < -0.4 is 5.73 Å². The van der Waals surface area contributed by atoms with Crippen molar-refractivity contribution >= 4 is 11.9 Å². The molecule has 1 unspecified atom stereocenters. The van der Waals surface area contributed by atoms with Crippen molar-refractivity contribution in [2.75, 3.05) is 14.2 Å². The van der Waals surface area contributed by atoms with Crippen LogP contribution in [0.25, 0.3) is 0 Å². The molecule has 0 amide bonds. The quantitative estimate of drug-likeness (QED) is 0.581. The normalized spacial score (nSPS) is 15.8. The third kappa shape index (κ3) is 3.92. The van der Waals surface area contributed by atoms with Crippen LogP contribution in [0.15, 0.2) is 0 Å². The highest BCUT2D eigenvalue weighted by atomic mass is 16.5. The average molecular weight is 176 g/mol. The van der Waals surface area contributed by atoms with E-state index in [0.29, 0.717) is 0 Å². The Morgan fingerprint density at radius 3 is 2.50 bits per heavy atom. The Kier molecular flexibility index (Phi) is 4.15. The molecule has 0 aromatic rings. The summed E-state index contributed by atoms with van der Waals surface area (Å²) in [6, 6.07) is -1.87. The predicted molar refractivity (Wildman–Crippen MR) is 41.2 cm³/mol. The first-order valence-electron chi connectivity index (χ1n) is 3.88. The molecule has 0 spiro atoms. The van der Waals surface area contributed by atoms with E-state index in [-0.39, 0.29) is 12.8 Å². The molecule has 1 atom stereocenters. The number of esters is 2. The fourth-order valence-electron chi connectivity index (χ4n) is 0.572. The first-order valence-corrected chi connectivity index (χ1v) is 3.38.